The molecule has 0 bridgehead atoms. The number of fused-ring (bicyclic) bond motifs is 2. The van der Waals surface area contributed by atoms with Crippen LogP contribution in [0, 0.1) is 6.92 Å². The predicted octanol–water partition coefficient (Wildman–Crippen LogP) is 2.36. The minimum absolute atomic E-state index is 0.101. The largest absolute Gasteiger partial charge is 0.454 e. The lowest BCUT2D eigenvalue weighted by Crippen LogP contribution is -2.43. The van der Waals surface area contributed by atoms with E-state index in [4.69, 9.17) is 9.47 Å². The van der Waals surface area contributed by atoms with Gasteiger partial charge in [0, 0.05) is 24.7 Å². The van der Waals surface area contributed by atoms with Gasteiger partial charge in [0.1, 0.15) is 6.04 Å². The zero-order valence-corrected chi connectivity index (χ0v) is 19.2. The first-order chi connectivity index (χ1) is 15.8. The van der Waals surface area contributed by atoms with Crippen LogP contribution in [0.15, 0.2) is 41.3 Å². The quantitative estimate of drug-likeness (QED) is 0.608. The lowest BCUT2D eigenvalue weighted by molar-refractivity contribution is -0.122. The normalized spacial score (nSPS) is 17.5. The van der Waals surface area contributed by atoms with Crippen molar-refractivity contribution in [2.45, 2.75) is 37.2 Å². The number of carbonyl (C=O) groups is 1. The molecule has 0 spiro atoms. The number of aromatic nitrogens is 2. The molecule has 33 heavy (non-hydrogen) atoms. The fourth-order valence-electron chi connectivity index (χ4n) is 4.25. The molecule has 0 saturated carbocycles. The fourth-order valence-corrected chi connectivity index (χ4v) is 4.89. The molecule has 5 rings (SSSR count). The highest BCUT2D eigenvalue weighted by Gasteiger charge is 2.33. The van der Waals surface area contributed by atoms with Gasteiger partial charge in [-0.2, -0.15) is 0 Å². The maximum atomic E-state index is 13.0. The number of ether oxygens (including phenoxy) is 2. The van der Waals surface area contributed by atoms with E-state index < -0.39 is 15.9 Å². The maximum Gasteiger partial charge on any atom is 0.243 e. The summed E-state index contributed by atoms with van der Waals surface area (Å²) in [5.74, 6) is 1.72. The molecule has 1 amide bonds. The molecule has 2 aliphatic heterocycles. The highest BCUT2D eigenvalue weighted by Crippen LogP contribution is 2.32. The van der Waals surface area contributed by atoms with Gasteiger partial charge in [-0.3, -0.25) is 4.79 Å². The Bertz CT molecular complexity index is 1360. The zero-order chi connectivity index (χ0) is 23.2. The van der Waals surface area contributed by atoms with E-state index in [0.29, 0.717) is 42.5 Å². The molecule has 172 valence electrons. The smallest absolute Gasteiger partial charge is 0.243 e. The van der Waals surface area contributed by atoms with Crippen molar-refractivity contribution in [1.82, 2.24) is 15.3 Å². The number of nitrogens with one attached hydrogen (secondary N) is 1. The van der Waals surface area contributed by atoms with Gasteiger partial charge in [0.15, 0.2) is 21.3 Å². The number of anilines is 1. The first kappa shape index (κ1) is 21.4. The summed E-state index contributed by atoms with van der Waals surface area (Å²) >= 11 is 0. The van der Waals surface area contributed by atoms with Crippen LogP contribution in [0.1, 0.15) is 24.1 Å². The van der Waals surface area contributed by atoms with Gasteiger partial charge in [0.05, 0.1) is 16.1 Å². The number of rotatable bonds is 5. The van der Waals surface area contributed by atoms with E-state index in [1.807, 2.05) is 30.0 Å². The lowest BCUT2D eigenvalue weighted by Gasteiger charge is -2.24. The molecule has 0 unspecified atom stereocenters. The number of benzene rings is 2. The molecule has 1 atom stereocenters. The Morgan fingerprint density at radius 2 is 1.97 bits per heavy atom. The Kier molecular flexibility index (Phi) is 5.32. The molecular formula is C23H24N4O5S. The van der Waals surface area contributed by atoms with Gasteiger partial charge in [-0.15, -0.1) is 0 Å². The Labute approximate surface area is 191 Å². The molecule has 1 aromatic heterocycles. The summed E-state index contributed by atoms with van der Waals surface area (Å²) in [5.41, 5.74) is 2.21. The average molecular weight is 469 g/mol. The summed E-state index contributed by atoms with van der Waals surface area (Å²) < 4.78 is 34.7. The number of amides is 1. The maximum absolute atomic E-state index is 13.0. The third-order valence-corrected chi connectivity index (χ3v) is 7.10. The number of nitrogens with zero attached hydrogens (tertiary/aromatic N) is 3. The van der Waals surface area contributed by atoms with Crippen LogP contribution in [-0.4, -0.2) is 49.9 Å². The summed E-state index contributed by atoms with van der Waals surface area (Å²) in [7, 11) is -3.36. The standard InChI is InChI=1S/C23H24N4O5S/c1-14-17-7-6-16(33(2,29)30)11-18(17)26-23(25-14)27-9-3-4-19(27)22(28)24-12-15-5-8-20-21(10-15)32-13-31-20/h5-8,10-11,19H,3-4,9,12-13H2,1-2H3,(H,24,28)/t19-/m0/s1. The van der Waals surface area contributed by atoms with Gasteiger partial charge in [0.25, 0.3) is 0 Å². The van der Waals surface area contributed by atoms with Gasteiger partial charge in [-0.25, -0.2) is 18.4 Å². The number of carbonyl (C=O) groups excluding carboxylic acids is 1. The monoisotopic (exact) mass is 468 g/mol. The molecule has 1 saturated heterocycles. The van der Waals surface area contributed by atoms with Crippen LogP contribution in [0.2, 0.25) is 0 Å². The van der Waals surface area contributed by atoms with Crippen LogP contribution < -0.4 is 19.7 Å². The first-order valence-corrected chi connectivity index (χ1v) is 12.6. The molecule has 9 nitrogen and oxygen atoms in total. The lowest BCUT2D eigenvalue weighted by atomic mass is 10.1. The Morgan fingerprint density at radius 3 is 2.79 bits per heavy atom. The first-order valence-electron chi connectivity index (χ1n) is 10.7. The van der Waals surface area contributed by atoms with Crippen molar-refractivity contribution < 1.29 is 22.7 Å². The molecule has 0 radical (unpaired) electrons. The van der Waals surface area contributed by atoms with Crippen molar-refractivity contribution in [3.05, 3.63) is 47.7 Å². The minimum Gasteiger partial charge on any atom is -0.454 e. The number of hydrogen-bond donors (Lipinski definition) is 1. The predicted molar refractivity (Wildman–Crippen MR) is 122 cm³/mol. The number of sulfone groups is 1. The van der Waals surface area contributed by atoms with Crippen LogP contribution in [0.4, 0.5) is 5.95 Å². The van der Waals surface area contributed by atoms with Gasteiger partial charge >= 0.3 is 0 Å². The third-order valence-electron chi connectivity index (χ3n) is 5.99. The van der Waals surface area contributed by atoms with E-state index in [-0.39, 0.29) is 17.6 Å². The second kappa shape index (κ2) is 8.18. The molecule has 3 heterocycles. The van der Waals surface area contributed by atoms with E-state index in [9.17, 15) is 13.2 Å². The second-order valence-corrected chi connectivity index (χ2v) is 10.3. The van der Waals surface area contributed by atoms with Crippen molar-refractivity contribution in [2.24, 2.45) is 0 Å². The zero-order valence-electron chi connectivity index (χ0n) is 18.4. The summed E-state index contributed by atoms with van der Waals surface area (Å²) in [6.45, 7) is 3.09. The van der Waals surface area contributed by atoms with Crippen molar-refractivity contribution in [3.8, 4) is 11.5 Å². The van der Waals surface area contributed by atoms with Crippen LogP contribution in [-0.2, 0) is 21.2 Å². The van der Waals surface area contributed by atoms with Gasteiger partial charge in [-0.1, -0.05) is 6.07 Å². The van der Waals surface area contributed by atoms with Gasteiger partial charge < -0.3 is 19.7 Å². The summed E-state index contributed by atoms with van der Waals surface area (Å²) in [6, 6.07) is 10.1. The topological polar surface area (TPSA) is 111 Å². The molecule has 2 aliphatic rings. The highest BCUT2D eigenvalue weighted by molar-refractivity contribution is 7.90. The summed E-state index contributed by atoms with van der Waals surface area (Å²) in [4.78, 5) is 24.4. The molecule has 3 aromatic rings. The Morgan fingerprint density at radius 1 is 1.15 bits per heavy atom. The van der Waals surface area contributed by atoms with Crippen LogP contribution >= 0.6 is 0 Å². The fraction of sp³-hybridized carbons (Fsp3) is 0.348. The number of hydrogen-bond acceptors (Lipinski definition) is 8. The summed E-state index contributed by atoms with van der Waals surface area (Å²) in [6.07, 6.45) is 2.70. The Hall–Kier alpha value is -3.40. The molecule has 10 heteroatoms. The SMILES string of the molecule is Cc1nc(N2CCC[C@H]2C(=O)NCc2ccc3c(c2)OCO3)nc2cc(S(C)(=O)=O)ccc12. The van der Waals surface area contributed by atoms with Crippen molar-refractivity contribution in [1.29, 1.82) is 0 Å². The van der Waals surface area contributed by atoms with Crippen LogP contribution in [0.3, 0.4) is 0 Å². The van der Waals surface area contributed by atoms with E-state index in [2.05, 4.69) is 15.3 Å². The molecular weight excluding hydrogens is 444 g/mol. The second-order valence-electron chi connectivity index (χ2n) is 8.32. The highest BCUT2D eigenvalue weighted by atomic mass is 32.2. The minimum atomic E-state index is -3.36. The van der Waals surface area contributed by atoms with Crippen LogP contribution in [0.5, 0.6) is 11.5 Å². The van der Waals surface area contributed by atoms with Crippen molar-refractivity contribution >= 4 is 32.6 Å². The van der Waals surface area contributed by atoms with Crippen LogP contribution in [0.25, 0.3) is 10.9 Å². The molecule has 1 fully saturated rings. The van der Waals surface area contributed by atoms with E-state index in [1.165, 1.54) is 6.26 Å². The number of aryl methyl sites for hydroxylation is 1. The van der Waals surface area contributed by atoms with Gasteiger partial charge in [0.2, 0.25) is 18.6 Å². The van der Waals surface area contributed by atoms with Crippen molar-refractivity contribution in [3.63, 3.8) is 0 Å². The van der Waals surface area contributed by atoms with Crippen molar-refractivity contribution in [2.75, 3.05) is 24.5 Å². The molecule has 2 aromatic carbocycles. The van der Waals surface area contributed by atoms with E-state index in [1.54, 1.807) is 18.2 Å². The molecule has 1 N–H and O–H groups in total. The van der Waals surface area contributed by atoms with E-state index in [0.717, 1.165) is 23.1 Å². The molecule has 0 aliphatic carbocycles. The van der Waals surface area contributed by atoms with Gasteiger partial charge in [-0.05, 0) is 55.7 Å². The summed E-state index contributed by atoms with van der Waals surface area (Å²) in [5, 5.41) is 3.79. The third kappa shape index (κ3) is 4.18. The Balaban J connectivity index is 1.36. The van der Waals surface area contributed by atoms with E-state index >= 15 is 0 Å². The average Bonchev–Trinajstić information content (AvgIpc) is 3.45.